The van der Waals surface area contributed by atoms with Crippen LogP contribution in [0.25, 0.3) is 10.8 Å². The number of benzene rings is 3. The first kappa shape index (κ1) is 18.9. The lowest BCUT2D eigenvalue weighted by atomic mass is 9.97. The number of fused-ring (bicyclic) bond motifs is 1. The van der Waals surface area contributed by atoms with Crippen LogP contribution >= 0.6 is 0 Å². The monoisotopic (exact) mass is 363 g/mol. The number of carbonyl (C=O) groups excluding carboxylic acids is 1. The second-order valence-electron chi connectivity index (χ2n) is 7.77. The van der Waals surface area contributed by atoms with Crippen molar-refractivity contribution in [3.8, 4) is 11.5 Å². The van der Waals surface area contributed by atoms with Crippen LogP contribution < -0.4 is 14.8 Å². The molecule has 0 radical (unpaired) electrons. The predicted molar refractivity (Wildman–Crippen MR) is 108 cm³/mol. The van der Waals surface area contributed by atoms with Crippen molar-refractivity contribution in [3.63, 3.8) is 0 Å². The molecule has 0 saturated heterocycles. The van der Waals surface area contributed by atoms with Crippen molar-refractivity contribution in [3.05, 3.63) is 72.3 Å². The third-order valence-corrected chi connectivity index (χ3v) is 4.03. The SMILES string of the molecule is CC(C)(C)CNCc1ccc(OC(=O)Oc2ccc3ccccc3c2)cc1. The Morgan fingerprint density at radius 3 is 2.19 bits per heavy atom. The molecule has 0 bridgehead atoms. The lowest BCUT2D eigenvalue weighted by molar-refractivity contribution is 0.152. The molecule has 0 heterocycles. The lowest BCUT2D eigenvalue weighted by Crippen LogP contribution is -2.26. The minimum Gasteiger partial charge on any atom is -0.395 e. The number of nitrogens with one attached hydrogen (secondary N) is 1. The summed E-state index contributed by atoms with van der Waals surface area (Å²) in [7, 11) is 0. The van der Waals surface area contributed by atoms with Crippen molar-refractivity contribution in [1.29, 1.82) is 0 Å². The Hall–Kier alpha value is -2.85. The van der Waals surface area contributed by atoms with Crippen molar-refractivity contribution in [2.45, 2.75) is 27.3 Å². The summed E-state index contributed by atoms with van der Waals surface area (Å²) in [5, 5.41) is 5.52. The normalized spacial score (nSPS) is 11.4. The highest BCUT2D eigenvalue weighted by Crippen LogP contribution is 2.21. The van der Waals surface area contributed by atoms with Crippen LogP contribution in [0.1, 0.15) is 26.3 Å². The first-order chi connectivity index (χ1) is 12.9. The summed E-state index contributed by atoms with van der Waals surface area (Å²) in [6.07, 6.45) is -0.746. The van der Waals surface area contributed by atoms with Gasteiger partial charge >= 0.3 is 6.16 Å². The minimum absolute atomic E-state index is 0.246. The molecule has 0 aliphatic heterocycles. The quantitative estimate of drug-likeness (QED) is 0.477. The van der Waals surface area contributed by atoms with E-state index in [2.05, 4.69) is 26.1 Å². The average Bonchev–Trinajstić information content (AvgIpc) is 2.62. The molecule has 3 rings (SSSR count). The van der Waals surface area contributed by atoms with Gasteiger partial charge in [-0.15, -0.1) is 0 Å². The molecule has 0 spiro atoms. The molecule has 0 amide bonds. The highest BCUT2D eigenvalue weighted by atomic mass is 16.7. The van der Waals surface area contributed by atoms with Crippen LogP contribution in [-0.2, 0) is 6.54 Å². The molecule has 3 aromatic carbocycles. The van der Waals surface area contributed by atoms with Crippen molar-refractivity contribution in [2.24, 2.45) is 5.41 Å². The van der Waals surface area contributed by atoms with Crippen molar-refractivity contribution >= 4 is 16.9 Å². The van der Waals surface area contributed by atoms with E-state index < -0.39 is 6.16 Å². The lowest BCUT2D eigenvalue weighted by Gasteiger charge is -2.18. The van der Waals surface area contributed by atoms with E-state index in [0.29, 0.717) is 11.5 Å². The van der Waals surface area contributed by atoms with Crippen molar-refractivity contribution in [2.75, 3.05) is 6.54 Å². The van der Waals surface area contributed by atoms with Gasteiger partial charge in [-0.1, -0.05) is 63.2 Å². The topological polar surface area (TPSA) is 47.6 Å². The van der Waals surface area contributed by atoms with Crippen molar-refractivity contribution in [1.82, 2.24) is 5.32 Å². The summed E-state index contributed by atoms with van der Waals surface area (Å²) in [4.78, 5) is 12.0. The van der Waals surface area contributed by atoms with E-state index in [-0.39, 0.29) is 5.41 Å². The maximum absolute atomic E-state index is 12.0. The number of rotatable bonds is 5. The van der Waals surface area contributed by atoms with Crippen LogP contribution in [0.15, 0.2) is 66.7 Å². The molecule has 140 valence electrons. The number of hydrogen-bond acceptors (Lipinski definition) is 4. The van der Waals surface area contributed by atoms with E-state index in [1.807, 2.05) is 48.5 Å². The third kappa shape index (κ3) is 5.83. The molecule has 0 aliphatic rings. The highest BCUT2D eigenvalue weighted by molar-refractivity contribution is 5.84. The Balaban J connectivity index is 1.54. The molecular weight excluding hydrogens is 338 g/mol. The van der Waals surface area contributed by atoms with Gasteiger partial charge in [0.2, 0.25) is 0 Å². The fraction of sp³-hybridized carbons (Fsp3) is 0.261. The maximum Gasteiger partial charge on any atom is 0.519 e. The molecule has 0 unspecified atom stereocenters. The average molecular weight is 363 g/mol. The highest BCUT2D eigenvalue weighted by Gasteiger charge is 2.10. The summed E-state index contributed by atoms with van der Waals surface area (Å²) in [5.74, 6) is 0.919. The molecule has 3 aromatic rings. The van der Waals surface area contributed by atoms with Gasteiger partial charge in [0.15, 0.2) is 0 Å². The zero-order valence-electron chi connectivity index (χ0n) is 16.0. The van der Waals surface area contributed by atoms with E-state index in [4.69, 9.17) is 9.47 Å². The molecular formula is C23H25NO3. The Morgan fingerprint density at radius 1 is 0.852 bits per heavy atom. The fourth-order valence-corrected chi connectivity index (χ4v) is 2.70. The molecule has 1 N–H and O–H groups in total. The Morgan fingerprint density at radius 2 is 1.48 bits per heavy atom. The van der Waals surface area contributed by atoms with Crippen LogP contribution in [-0.4, -0.2) is 12.7 Å². The predicted octanol–water partition coefficient (Wildman–Crippen LogP) is 5.55. The molecule has 4 heteroatoms. The smallest absolute Gasteiger partial charge is 0.395 e. The summed E-state index contributed by atoms with van der Waals surface area (Å²) in [6, 6.07) is 20.8. The number of ether oxygens (including phenoxy) is 2. The minimum atomic E-state index is -0.746. The van der Waals surface area contributed by atoms with Gasteiger partial charge in [-0.2, -0.15) is 0 Å². The molecule has 0 saturated carbocycles. The zero-order chi connectivity index (χ0) is 19.3. The van der Waals surface area contributed by atoms with Gasteiger partial charge in [-0.05, 0) is 46.0 Å². The van der Waals surface area contributed by atoms with Gasteiger partial charge in [0.1, 0.15) is 11.5 Å². The standard InChI is InChI=1S/C23H25NO3/c1-23(2,3)16-24-15-17-8-11-20(12-9-17)26-22(25)27-21-13-10-18-6-4-5-7-19(18)14-21/h4-14,24H,15-16H2,1-3H3. The summed E-state index contributed by atoms with van der Waals surface area (Å²) < 4.78 is 10.5. The molecule has 0 fully saturated rings. The largest absolute Gasteiger partial charge is 0.519 e. The fourth-order valence-electron chi connectivity index (χ4n) is 2.70. The van der Waals surface area contributed by atoms with Crippen LogP contribution in [0.3, 0.4) is 0 Å². The molecule has 0 aromatic heterocycles. The van der Waals surface area contributed by atoms with Gasteiger partial charge < -0.3 is 14.8 Å². The van der Waals surface area contributed by atoms with Gasteiger partial charge in [0.05, 0.1) is 0 Å². The van der Waals surface area contributed by atoms with Crippen LogP contribution in [0.5, 0.6) is 11.5 Å². The van der Waals surface area contributed by atoms with E-state index in [1.54, 1.807) is 18.2 Å². The molecule has 27 heavy (non-hydrogen) atoms. The van der Waals surface area contributed by atoms with E-state index in [9.17, 15) is 4.79 Å². The summed E-state index contributed by atoms with van der Waals surface area (Å²) >= 11 is 0. The van der Waals surface area contributed by atoms with E-state index in [1.165, 1.54) is 0 Å². The Bertz CT molecular complexity index is 911. The third-order valence-electron chi connectivity index (χ3n) is 4.03. The second-order valence-corrected chi connectivity index (χ2v) is 7.77. The van der Waals surface area contributed by atoms with Crippen LogP contribution in [0, 0.1) is 5.41 Å². The van der Waals surface area contributed by atoms with Crippen LogP contribution in [0.2, 0.25) is 0 Å². The van der Waals surface area contributed by atoms with E-state index in [0.717, 1.165) is 29.4 Å². The first-order valence-corrected chi connectivity index (χ1v) is 9.07. The number of carbonyl (C=O) groups is 1. The van der Waals surface area contributed by atoms with E-state index >= 15 is 0 Å². The van der Waals surface area contributed by atoms with Gasteiger partial charge in [-0.25, -0.2) is 4.79 Å². The Kier molecular flexibility index (Phi) is 5.77. The zero-order valence-corrected chi connectivity index (χ0v) is 16.0. The second kappa shape index (κ2) is 8.23. The molecule has 0 aliphatic carbocycles. The summed E-state index contributed by atoms with van der Waals surface area (Å²) in [5.41, 5.74) is 1.38. The van der Waals surface area contributed by atoms with Crippen LogP contribution in [0.4, 0.5) is 4.79 Å². The van der Waals surface area contributed by atoms with Gasteiger partial charge in [0.25, 0.3) is 0 Å². The summed E-state index contributed by atoms with van der Waals surface area (Å²) in [6.45, 7) is 8.29. The molecule has 0 atom stereocenters. The van der Waals surface area contributed by atoms with Crippen molar-refractivity contribution < 1.29 is 14.3 Å². The first-order valence-electron chi connectivity index (χ1n) is 9.07. The van der Waals surface area contributed by atoms with Gasteiger partial charge in [0, 0.05) is 13.1 Å². The maximum atomic E-state index is 12.0. The number of hydrogen-bond donors (Lipinski definition) is 1. The van der Waals surface area contributed by atoms with Gasteiger partial charge in [-0.3, -0.25) is 0 Å². The Labute approximate surface area is 160 Å². The molecule has 4 nitrogen and oxygen atoms in total.